The molecule has 8 heteroatoms. The number of aromatic nitrogens is 7. The number of hydrogen-bond acceptors (Lipinski definition) is 6. The smallest absolute Gasteiger partial charge is 0.209 e. The van der Waals surface area contributed by atoms with Gasteiger partial charge < -0.3 is 0 Å². The minimum atomic E-state index is 0.0994. The topological polar surface area (TPSA) is 85.2 Å². The molecule has 24 heavy (non-hydrogen) atoms. The summed E-state index contributed by atoms with van der Waals surface area (Å²) in [6, 6.07) is 10.6. The van der Waals surface area contributed by atoms with Gasteiger partial charge in [-0.05, 0) is 41.8 Å². The monoisotopic (exact) mass is 339 g/mol. The average molecular weight is 339 g/mol. The van der Waals surface area contributed by atoms with Gasteiger partial charge in [-0.25, -0.2) is 9.67 Å². The lowest BCUT2D eigenvalue weighted by molar-refractivity contribution is 0.583. The summed E-state index contributed by atoms with van der Waals surface area (Å²) in [5, 5.41) is 20.1. The molecule has 1 fully saturated rings. The SMILES string of the molecule is CC(Sc1n[nH]c(/C=C/c2ccccc2)n1)c1nnnn1C1CC1. The zero-order chi connectivity index (χ0) is 16.4. The Morgan fingerprint density at radius 1 is 1.25 bits per heavy atom. The summed E-state index contributed by atoms with van der Waals surface area (Å²) >= 11 is 1.55. The molecule has 1 aromatic carbocycles. The largest absolute Gasteiger partial charge is 0.259 e. The Morgan fingerprint density at radius 3 is 2.88 bits per heavy atom. The van der Waals surface area contributed by atoms with Crippen LogP contribution in [0.2, 0.25) is 0 Å². The maximum absolute atomic E-state index is 4.50. The van der Waals surface area contributed by atoms with E-state index >= 15 is 0 Å². The fourth-order valence-corrected chi connectivity index (χ4v) is 3.21. The molecule has 4 rings (SSSR count). The molecule has 0 spiro atoms. The van der Waals surface area contributed by atoms with Gasteiger partial charge in [0.2, 0.25) is 5.16 Å². The highest BCUT2D eigenvalue weighted by atomic mass is 32.2. The number of rotatable bonds is 6. The summed E-state index contributed by atoms with van der Waals surface area (Å²) in [7, 11) is 0. The zero-order valence-corrected chi connectivity index (χ0v) is 14.0. The lowest BCUT2D eigenvalue weighted by Gasteiger charge is -2.08. The first-order valence-electron chi connectivity index (χ1n) is 7.89. The van der Waals surface area contributed by atoms with Gasteiger partial charge in [0.1, 0.15) is 5.82 Å². The standard InChI is InChI=1S/C16H17N7S/c1-11(15-19-21-22-23(15)13-8-9-13)24-16-17-14(18-20-16)10-7-12-5-3-2-4-6-12/h2-7,10-11,13H,8-9H2,1H3,(H,17,18,20)/b10-7+. The van der Waals surface area contributed by atoms with Crippen molar-refractivity contribution in [3.63, 3.8) is 0 Å². The number of benzene rings is 1. The third-order valence-corrected chi connectivity index (χ3v) is 4.73. The molecule has 2 aromatic heterocycles. The molecule has 1 atom stereocenters. The zero-order valence-electron chi connectivity index (χ0n) is 13.2. The number of tetrazole rings is 1. The normalized spacial score (nSPS) is 15.9. The molecule has 1 aliphatic carbocycles. The molecule has 0 bridgehead atoms. The lowest BCUT2D eigenvalue weighted by Crippen LogP contribution is -2.05. The van der Waals surface area contributed by atoms with E-state index in [1.54, 1.807) is 11.8 Å². The molecule has 1 aliphatic rings. The second-order valence-electron chi connectivity index (χ2n) is 5.72. The summed E-state index contributed by atoms with van der Waals surface area (Å²) in [5.74, 6) is 1.61. The van der Waals surface area contributed by atoms with Gasteiger partial charge in [0, 0.05) is 0 Å². The van der Waals surface area contributed by atoms with Gasteiger partial charge in [0.15, 0.2) is 5.82 Å². The van der Waals surface area contributed by atoms with Crippen LogP contribution in [0, 0.1) is 0 Å². The average Bonchev–Trinajstić information content (AvgIpc) is 3.16. The predicted octanol–water partition coefficient (Wildman–Crippen LogP) is 3.15. The van der Waals surface area contributed by atoms with E-state index in [0.29, 0.717) is 11.2 Å². The highest BCUT2D eigenvalue weighted by molar-refractivity contribution is 7.99. The summed E-state index contributed by atoms with van der Waals surface area (Å²) in [6.45, 7) is 2.07. The Hall–Kier alpha value is -2.48. The number of nitrogens with zero attached hydrogens (tertiary/aromatic N) is 6. The second-order valence-corrected chi connectivity index (χ2v) is 7.03. The maximum Gasteiger partial charge on any atom is 0.209 e. The van der Waals surface area contributed by atoms with Crippen LogP contribution in [0.4, 0.5) is 0 Å². The van der Waals surface area contributed by atoms with Crippen LogP contribution in [0.15, 0.2) is 35.5 Å². The van der Waals surface area contributed by atoms with Gasteiger partial charge >= 0.3 is 0 Å². The molecule has 1 saturated carbocycles. The van der Waals surface area contributed by atoms with Crippen LogP contribution in [-0.2, 0) is 0 Å². The van der Waals surface area contributed by atoms with E-state index in [0.717, 1.165) is 30.1 Å². The first kappa shape index (κ1) is 15.1. The van der Waals surface area contributed by atoms with E-state index in [4.69, 9.17) is 0 Å². The third kappa shape index (κ3) is 3.38. The van der Waals surface area contributed by atoms with E-state index in [1.807, 2.05) is 47.2 Å². The molecule has 3 aromatic rings. The van der Waals surface area contributed by atoms with Crippen LogP contribution >= 0.6 is 11.8 Å². The van der Waals surface area contributed by atoms with Crippen molar-refractivity contribution in [2.45, 2.75) is 36.2 Å². The first-order valence-corrected chi connectivity index (χ1v) is 8.77. The van der Waals surface area contributed by atoms with Crippen LogP contribution in [0.3, 0.4) is 0 Å². The highest BCUT2D eigenvalue weighted by Crippen LogP contribution is 2.38. The Balaban J connectivity index is 1.43. The van der Waals surface area contributed by atoms with Crippen molar-refractivity contribution in [3.8, 4) is 0 Å². The van der Waals surface area contributed by atoms with E-state index in [2.05, 4.69) is 37.6 Å². The number of nitrogens with one attached hydrogen (secondary N) is 1. The van der Waals surface area contributed by atoms with Crippen LogP contribution in [0.25, 0.3) is 12.2 Å². The van der Waals surface area contributed by atoms with E-state index < -0.39 is 0 Å². The van der Waals surface area contributed by atoms with Crippen LogP contribution in [0.5, 0.6) is 0 Å². The molecule has 0 saturated heterocycles. The maximum atomic E-state index is 4.50. The summed E-state index contributed by atoms with van der Waals surface area (Å²) in [5.41, 5.74) is 1.13. The predicted molar refractivity (Wildman–Crippen MR) is 92.1 cm³/mol. The van der Waals surface area contributed by atoms with Gasteiger partial charge in [-0.3, -0.25) is 5.10 Å². The number of hydrogen-bond donors (Lipinski definition) is 1. The van der Waals surface area contributed by atoms with Gasteiger partial charge in [-0.1, -0.05) is 48.2 Å². The van der Waals surface area contributed by atoms with Crippen molar-refractivity contribution in [2.24, 2.45) is 0 Å². The molecular formula is C16H17N7S. The summed E-state index contributed by atoms with van der Waals surface area (Å²) in [6.07, 6.45) is 6.24. The van der Waals surface area contributed by atoms with E-state index in [9.17, 15) is 0 Å². The van der Waals surface area contributed by atoms with Gasteiger partial charge in [0.05, 0.1) is 11.3 Å². The molecule has 1 unspecified atom stereocenters. The fraction of sp³-hybridized carbons (Fsp3) is 0.312. The fourth-order valence-electron chi connectivity index (χ4n) is 2.38. The molecule has 0 aliphatic heterocycles. The molecule has 2 heterocycles. The van der Waals surface area contributed by atoms with Crippen molar-refractivity contribution in [1.82, 2.24) is 35.4 Å². The molecule has 1 N–H and O–H groups in total. The Labute approximate surface area is 143 Å². The first-order chi connectivity index (χ1) is 11.8. The summed E-state index contributed by atoms with van der Waals surface area (Å²) < 4.78 is 1.93. The van der Waals surface area contributed by atoms with Crippen molar-refractivity contribution in [2.75, 3.05) is 0 Å². The molecular weight excluding hydrogens is 322 g/mol. The molecule has 122 valence electrons. The Morgan fingerprint density at radius 2 is 2.08 bits per heavy atom. The van der Waals surface area contributed by atoms with Crippen molar-refractivity contribution < 1.29 is 0 Å². The van der Waals surface area contributed by atoms with Crippen molar-refractivity contribution in [3.05, 3.63) is 47.5 Å². The molecule has 0 radical (unpaired) electrons. The number of thioether (sulfide) groups is 1. The minimum absolute atomic E-state index is 0.0994. The van der Waals surface area contributed by atoms with Crippen molar-refractivity contribution in [1.29, 1.82) is 0 Å². The van der Waals surface area contributed by atoms with Gasteiger partial charge in [-0.2, -0.15) is 0 Å². The molecule has 0 amide bonds. The van der Waals surface area contributed by atoms with E-state index in [1.165, 1.54) is 0 Å². The van der Waals surface area contributed by atoms with Crippen LogP contribution in [0.1, 0.15) is 48.3 Å². The van der Waals surface area contributed by atoms with Crippen LogP contribution < -0.4 is 0 Å². The number of H-pyrrole nitrogens is 1. The minimum Gasteiger partial charge on any atom is -0.259 e. The van der Waals surface area contributed by atoms with Crippen LogP contribution in [-0.4, -0.2) is 35.4 Å². The second kappa shape index (κ2) is 6.56. The van der Waals surface area contributed by atoms with Gasteiger partial charge in [-0.15, -0.1) is 10.2 Å². The highest BCUT2D eigenvalue weighted by Gasteiger charge is 2.30. The lowest BCUT2D eigenvalue weighted by atomic mass is 10.2. The quantitative estimate of drug-likeness (QED) is 0.694. The Bertz CT molecular complexity index is 835. The summed E-state index contributed by atoms with van der Waals surface area (Å²) in [4.78, 5) is 4.50. The Kier molecular flexibility index (Phi) is 4.12. The van der Waals surface area contributed by atoms with Crippen molar-refractivity contribution >= 4 is 23.9 Å². The number of aromatic amines is 1. The van der Waals surface area contributed by atoms with Gasteiger partial charge in [0.25, 0.3) is 0 Å². The molecule has 7 nitrogen and oxygen atoms in total. The third-order valence-electron chi connectivity index (χ3n) is 3.77. The van der Waals surface area contributed by atoms with E-state index in [-0.39, 0.29) is 5.25 Å².